The molecule has 1 N–H and O–H groups in total. The quantitative estimate of drug-likeness (QED) is 0.663. The lowest BCUT2D eigenvalue weighted by Crippen LogP contribution is -2.45. The number of carbonyl (C=O) groups is 2. The van der Waals surface area contributed by atoms with Crippen LogP contribution in [0.15, 0.2) is 47.1 Å². The van der Waals surface area contributed by atoms with Crippen molar-refractivity contribution in [2.75, 3.05) is 7.11 Å². The topological polar surface area (TPSA) is 77.5 Å². The lowest BCUT2D eigenvalue weighted by atomic mass is 10.0. The molecule has 0 aliphatic rings. The zero-order valence-corrected chi connectivity index (χ0v) is 16.4. The van der Waals surface area contributed by atoms with E-state index in [0.29, 0.717) is 5.56 Å². The molecule has 1 amide bonds. The Kier molecular flexibility index (Phi) is 7.00. The van der Waals surface area contributed by atoms with Crippen molar-refractivity contribution in [2.45, 2.75) is 25.2 Å². The number of alkyl halides is 3. The second-order valence-electron chi connectivity index (χ2n) is 5.72. The van der Waals surface area contributed by atoms with Crippen molar-refractivity contribution in [3.05, 3.63) is 58.3 Å². The van der Waals surface area contributed by atoms with Crippen LogP contribution in [-0.4, -0.2) is 36.2 Å². The van der Waals surface area contributed by atoms with E-state index < -0.39 is 30.2 Å². The van der Waals surface area contributed by atoms with Gasteiger partial charge in [0.25, 0.3) is 0 Å². The van der Waals surface area contributed by atoms with Gasteiger partial charge in [0.2, 0.25) is 0 Å². The van der Waals surface area contributed by atoms with Crippen LogP contribution in [-0.2, 0) is 9.53 Å². The third-order valence-corrected chi connectivity index (χ3v) is 4.19. The van der Waals surface area contributed by atoms with Crippen LogP contribution in [0.25, 0.3) is 0 Å². The maximum absolute atomic E-state index is 12.6. The summed E-state index contributed by atoms with van der Waals surface area (Å²) in [5.74, 6) is -2.50. The van der Waals surface area contributed by atoms with Gasteiger partial charge in [0.15, 0.2) is 0 Å². The van der Waals surface area contributed by atoms with Gasteiger partial charge < -0.3 is 14.8 Å². The highest BCUT2D eigenvalue weighted by Crippen LogP contribution is 2.27. The Morgan fingerprint density at radius 2 is 1.79 bits per heavy atom. The number of esters is 1. The molecule has 1 aromatic heterocycles. The van der Waals surface area contributed by atoms with Crippen LogP contribution in [0, 0.1) is 0 Å². The summed E-state index contributed by atoms with van der Waals surface area (Å²) in [6.45, 7) is 1.40. The van der Waals surface area contributed by atoms with Gasteiger partial charge in [0, 0.05) is 4.47 Å². The summed E-state index contributed by atoms with van der Waals surface area (Å²) in [4.78, 5) is 26.6. The molecule has 0 spiro atoms. The Labute approximate surface area is 167 Å². The molecule has 0 saturated carbocycles. The average Bonchev–Trinajstić information content (AvgIpc) is 2.66. The highest BCUT2D eigenvalue weighted by atomic mass is 79.9. The lowest BCUT2D eigenvalue weighted by molar-refractivity contribution is -0.174. The minimum Gasteiger partial charge on any atom is -0.482 e. The van der Waals surface area contributed by atoms with Crippen LogP contribution in [0.2, 0.25) is 0 Å². The van der Waals surface area contributed by atoms with Gasteiger partial charge in [-0.3, -0.25) is 4.79 Å². The number of ether oxygens (including phenoxy) is 2. The number of methoxy groups -OCH3 is 1. The Morgan fingerprint density at radius 3 is 2.29 bits per heavy atom. The Hall–Kier alpha value is -2.62. The summed E-state index contributed by atoms with van der Waals surface area (Å²) in [5, 5.41) is 1.90. The molecule has 0 saturated heterocycles. The lowest BCUT2D eigenvalue weighted by Gasteiger charge is -2.26. The molecular weight excluding hydrogens is 445 g/mol. The van der Waals surface area contributed by atoms with E-state index in [0.717, 1.165) is 4.47 Å². The van der Waals surface area contributed by atoms with Crippen molar-refractivity contribution in [3.63, 3.8) is 0 Å². The zero-order valence-electron chi connectivity index (χ0n) is 14.8. The third-order valence-electron chi connectivity index (χ3n) is 3.66. The third kappa shape index (κ3) is 5.69. The van der Waals surface area contributed by atoms with Crippen LogP contribution < -0.4 is 10.1 Å². The van der Waals surface area contributed by atoms with E-state index in [2.05, 4.69) is 25.7 Å². The van der Waals surface area contributed by atoms with Crippen molar-refractivity contribution in [3.8, 4) is 5.75 Å². The number of pyridine rings is 1. The molecule has 0 fully saturated rings. The number of halogens is 4. The van der Waals surface area contributed by atoms with Crippen LogP contribution in [0.4, 0.5) is 13.2 Å². The Balaban J connectivity index is 2.26. The predicted octanol–water partition coefficient (Wildman–Crippen LogP) is 3.82. The summed E-state index contributed by atoms with van der Waals surface area (Å²) in [7, 11) is 1.21. The molecule has 28 heavy (non-hydrogen) atoms. The number of nitrogens with zero attached hydrogens (tertiary/aromatic N) is 1. The minimum atomic E-state index is -5.01. The summed E-state index contributed by atoms with van der Waals surface area (Å²) < 4.78 is 48.9. The minimum absolute atomic E-state index is 0.0495. The molecule has 0 radical (unpaired) electrons. The van der Waals surface area contributed by atoms with Crippen LogP contribution >= 0.6 is 15.9 Å². The van der Waals surface area contributed by atoms with Crippen molar-refractivity contribution in [1.82, 2.24) is 10.3 Å². The fraction of sp³-hybridized carbons (Fsp3) is 0.278. The van der Waals surface area contributed by atoms with E-state index >= 15 is 0 Å². The molecule has 1 aromatic carbocycles. The number of hydrogen-bond donors (Lipinski definition) is 1. The first kappa shape index (κ1) is 21.7. The van der Waals surface area contributed by atoms with Crippen LogP contribution in [0.5, 0.6) is 5.75 Å². The number of hydrogen-bond acceptors (Lipinski definition) is 5. The fourth-order valence-electron chi connectivity index (χ4n) is 2.30. The van der Waals surface area contributed by atoms with Gasteiger partial charge in [0.1, 0.15) is 17.5 Å². The van der Waals surface area contributed by atoms with E-state index in [1.54, 1.807) is 24.3 Å². The smallest absolute Gasteiger partial charge is 0.471 e. The van der Waals surface area contributed by atoms with Crippen molar-refractivity contribution in [1.29, 1.82) is 0 Å². The molecule has 2 atom stereocenters. The maximum Gasteiger partial charge on any atom is 0.471 e. The van der Waals surface area contributed by atoms with E-state index in [9.17, 15) is 22.8 Å². The SMILES string of the molecule is COC(=O)c1ccc(OC(c2ccc(Br)cc2)C(C)NC(=O)C(F)(F)F)cn1. The largest absolute Gasteiger partial charge is 0.482 e. The molecule has 2 aromatic rings. The van der Waals surface area contributed by atoms with Gasteiger partial charge in [-0.1, -0.05) is 28.1 Å². The molecular formula is C18H16BrF3N2O4. The van der Waals surface area contributed by atoms with E-state index in [4.69, 9.17) is 4.74 Å². The molecule has 2 rings (SSSR count). The molecule has 6 nitrogen and oxygen atoms in total. The van der Waals surface area contributed by atoms with Crippen LogP contribution in [0.1, 0.15) is 29.1 Å². The first-order valence-electron chi connectivity index (χ1n) is 7.96. The number of benzene rings is 1. The van der Waals surface area contributed by atoms with Gasteiger partial charge in [0.05, 0.1) is 19.3 Å². The first-order valence-corrected chi connectivity index (χ1v) is 8.75. The summed E-state index contributed by atoms with van der Waals surface area (Å²) in [6.07, 6.45) is -4.70. The first-order chi connectivity index (χ1) is 13.1. The molecule has 10 heteroatoms. The number of amides is 1. The van der Waals surface area contributed by atoms with Gasteiger partial charge in [-0.05, 0) is 36.8 Å². The number of rotatable bonds is 6. The van der Waals surface area contributed by atoms with Gasteiger partial charge in [-0.25, -0.2) is 9.78 Å². The fourth-order valence-corrected chi connectivity index (χ4v) is 2.56. The summed E-state index contributed by atoms with van der Waals surface area (Å²) >= 11 is 3.28. The highest BCUT2D eigenvalue weighted by Gasteiger charge is 2.40. The molecule has 2 unspecified atom stereocenters. The van der Waals surface area contributed by atoms with Gasteiger partial charge in [-0.15, -0.1) is 0 Å². The number of carbonyl (C=O) groups excluding carboxylic acids is 2. The maximum atomic E-state index is 12.6. The molecule has 1 heterocycles. The molecule has 0 bridgehead atoms. The zero-order chi connectivity index (χ0) is 20.9. The molecule has 0 aliphatic heterocycles. The monoisotopic (exact) mass is 460 g/mol. The van der Waals surface area contributed by atoms with E-state index in [-0.39, 0.29) is 11.4 Å². The van der Waals surface area contributed by atoms with Crippen molar-refractivity contribution < 1.29 is 32.2 Å². The predicted molar refractivity (Wildman–Crippen MR) is 96.7 cm³/mol. The number of nitrogens with one attached hydrogen (secondary N) is 1. The Bertz CT molecular complexity index is 826. The van der Waals surface area contributed by atoms with Gasteiger partial charge in [-0.2, -0.15) is 13.2 Å². The average molecular weight is 461 g/mol. The summed E-state index contributed by atoms with van der Waals surface area (Å²) in [5.41, 5.74) is 0.587. The molecule has 150 valence electrons. The highest BCUT2D eigenvalue weighted by molar-refractivity contribution is 9.10. The van der Waals surface area contributed by atoms with Crippen molar-refractivity contribution in [2.24, 2.45) is 0 Å². The normalized spacial score (nSPS) is 13.4. The van der Waals surface area contributed by atoms with Crippen molar-refractivity contribution >= 4 is 27.8 Å². The standard InChI is InChI=1S/C18H16BrF3N2O4/c1-10(24-17(26)18(20,21)22)15(11-3-5-12(19)6-4-11)28-13-7-8-14(23-9-13)16(25)27-2/h3-10,15H,1-2H3,(H,24,26). The Morgan fingerprint density at radius 1 is 1.14 bits per heavy atom. The van der Waals surface area contributed by atoms with Gasteiger partial charge >= 0.3 is 18.1 Å². The second kappa shape index (κ2) is 9.05. The van der Waals surface area contributed by atoms with E-state index in [1.807, 2.05) is 5.32 Å². The molecule has 0 aliphatic carbocycles. The van der Waals surface area contributed by atoms with Crippen LogP contribution in [0.3, 0.4) is 0 Å². The second-order valence-corrected chi connectivity index (χ2v) is 6.64. The van der Waals surface area contributed by atoms with E-state index in [1.165, 1.54) is 32.4 Å². The number of aromatic nitrogens is 1. The summed E-state index contributed by atoms with van der Waals surface area (Å²) in [6, 6.07) is 8.48.